The number of hydrogen-bond acceptors (Lipinski definition) is 4. The van der Waals surface area contributed by atoms with Gasteiger partial charge in [-0.15, -0.1) is 0 Å². The van der Waals surface area contributed by atoms with Crippen LogP contribution < -0.4 is 9.80 Å². The van der Waals surface area contributed by atoms with Crippen molar-refractivity contribution in [1.82, 2.24) is 9.97 Å². The van der Waals surface area contributed by atoms with E-state index in [0.717, 1.165) is 43.2 Å². The first-order valence-corrected chi connectivity index (χ1v) is 10.6. The van der Waals surface area contributed by atoms with Crippen LogP contribution in [0.5, 0.6) is 0 Å². The summed E-state index contributed by atoms with van der Waals surface area (Å²) >= 11 is 0. The Morgan fingerprint density at radius 3 is 2.12 bits per heavy atom. The van der Waals surface area contributed by atoms with Crippen LogP contribution in [-0.4, -0.2) is 36.1 Å². The first-order chi connectivity index (χ1) is 15.7. The van der Waals surface area contributed by atoms with Gasteiger partial charge in [0.15, 0.2) is 0 Å². The Bertz CT molecular complexity index is 1200. The summed E-state index contributed by atoms with van der Waals surface area (Å²) in [6.45, 7) is 3.16. The molecule has 1 aliphatic rings. The highest BCUT2D eigenvalue weighted by Crippen LogP contribution is 2.28. The van der Waals surface area contributed by atoms with Crippen molar-refractivity contribution in [3.8, 4) is 22.4 Å². The van der Waals surface area contributed by atoms with Crippen LogP contribution in [0, 0.1) is 11.6 Å². The van der Waals surface area contributed by atoms with Crippen LogP contribution in [0.15, 0.2) is 85.2 Å². The maximum absolute atomic E-state index is 14.8. The zero-order valence-corrected chi connectivity index (χ0v) is 17.5. The normalized spacial score (nSPS) is 13.9. The Morgan fingerprint density at radius 1 is 0.688 bits per heavy atom. The SMILES string of the molecule is Fc1ccc(N2CCN(c3cncc(-c4ccc(-c5ccccc5)c(F)c4)n3)CC2)cc1. The number of aromatic nitrogens is 2. The lowest BCUT2D eigenvalue weighted by Gasteiger charge is -2.36. The van der Waals surface area contributed by atoms with Crippen molar-refractivity contribution < 1.29 is 8.78 Å². The van der Waals surface area contributed by atoms with E-state index in [0.29, 0.717) is 16.8 Å². The molecule has 0 unspecified atom stereocenters. The monoisotopic (exact) mass is 428 g/mol. The molecule has 6 heteroatoms. The van der Waals surface area contributed by atoms with Gasteiger partial charge in [-0.2, -0.15) is 0 Å². The fraction of sp³-hybridized carbons (Fsp3) is 0.154. The summed E-state index contributed by atoms with van der Waals surface area (Å²) in [5, 5.41) is 0. The van der Waals surface area contributed by atoms with E-state index < -0.39 is 0 Å². The van der Waals surface area contributed by atoms with Crippen molar-refractivity contribution in [1.29, 1.82) is 0 Å². The van der Waals surface area contributed by atoms with Gasteiger partial charge in [-0.3, -0.25) is 4.98 Å². The summed E-state index contributed by atoms with van der Waals surface area (Å²) < 4.78 is 28.0. The molecule has 1 fully saturated rings. The average molecular weight is 428 g/mol. The minimum atomic E-state index is -0.284. The Morgan fingerprint density at radius 2 is 1.41 bits per heavy atom. The second kappa shape index (κ2) is 8.75. The first-order valence-electron chi connectivity index (χ1n) is 10.6. The molecule has 0 amide bonds. The highest BCUT2D eigenvalue weighted by Gasteiger charge is 2.19. The number of rotatable bonds is 4. The summed E-state index contributed by atoms with van der Waals surface area (Å²) in [5.41, 5.74) is 3.76. The molecule has 0 N–H and O–H groups in total. The molecule has 0 radical (unpaired) electrons. The molecule has 2 heterocycles. The summed E-state index contributed by atoms with van der Waals surface area (Å²) in [4.78, 5) is 13.5. The summed E-state index contributed by atoms with van der Waals surface area (Å²) in [6, 6.07) is 21.3. The number of anilines is 2. The lowest BCUT2D eigenvalue weighted by molar-refractivity contribution is 0.624. The third kappa shape index (κ3) is 4.17. The molecule has 0 atom stereocenters. The Labute approximate surface area is 185 Å². The van der Waals surface area contributed by atoms with E-state index in [1.54, 1.807) is 30.6 Å². The Hall–Kier alpha value is -3.80. The van der Waals surface area contributed by atoms with Gasteiger partial charge in [0.25, 0.3) is 0 Å². The van der Waals surface area contributed by atoms with E-state index in [-0.39, 0.29) is 11.6 Å². The topological polar surface area (TPSA) is 32.3 Å². The Balaban J connectivity index is 1.32. The smallest absolute Gasteiger partial charge is 0.147 e. The molecule has 32 heavy (non-hydrogen) atoms. The third-order valence-electron chi connectivity index (χ3n) is 5.77. The fourth-order valence-corrected chi connectivity index (χ4v) is 4.02. The van der Waals surface area contributed by atoms with Crippen molar-refractivity contribution in [2.24, 2.45) is 0 Å². The first kappa shape index (κ1) is 20.1. The molecular weight excluding hydrogens is 406 g/mol. The van der Waals surface area contributed by atoms with Crippen LogP contribution in [0.25, 0.3) is 22.4 Å². The van der Waals surface area contributed by atoms with Crippen molar-refractivity contribution >= 4 is 11.5 Å². The number of benzene rings is 3. The fourth-order valence-electron chi connectivity index (χ4n) is 4.02. The van der Waals surface area contributed by atoms with Gasteiger partial charge in [0, 0.05) is 43.0 Å². The van der Waals surface area contributed by atoms with Crippen LogP contribution in [0.1, 0.15) is 0 Å². The number of piperazine rings is 1. The van der Waals surface area contributed by atoms with Crippen molar-refractivity contribution in [3.63, 3.8) is 0 Å². The van der Waals surface area contributed by atoms with E-state index >= 15 is 0 Å². The largest absolute Gasteiger partial charge is 0.368 e. The quantitative estimate of drug-likeness (QED) is 0.435. The van der Waals surface area contributed by atoms with E-state index in [1.807, 2.05) is 36.4 Å². The van der Waals surface area contributed by atoms with Crippen LogP contribution in [0.3, 0.4) is 0 Å². The molecule has 4 aromatic rings. The lowest BCUT2D eigenvalue weighted by Crippen LogP contribution is -2.46. The standard InChI is InChI=1S/C26H22F2N4/c27-21-7-9-22(10-8-21)31-12-14-32(15-13-31)26-18-29-17-25(30-26)20-6-11-23(24(28)16-20)19-4-2-1-3-5-19/h1-11,16-18H,12-15H2. The molecule has 5 rings (SSSR count). The molecular formula is C26H22F2N4. The van der Waals surface area contributed by atoms with E-state index in [9.17, 15) is 8.78 Å². The molecule has 0 aliphatic carbocycles. The molecule has 160 valence electrons. The van der Waals surface area contributed by atoms with Crippen LogP contribution in [0.4, 0.5) is 20.3 Å². The zero-order valence-electron chi connectivity index (χ0n) is 17.5. The van der Waals surface area contributed by atoms with Crippen LogP contribution in [0.2, 0.25) is 0 Å². The summed E-state index contributed by atoms with van der Waals surface area (Å²) in [5.74, 6) is 0.260. The van der Waals surface area contributed by atoms with Gasteiger partial charge in [0.05, 0.1) is 18.1 Å². The molecule has 1 saturated heterocycles. The van der Waals surface area contributed by atoms with E-state index in [4.69, 9.17) is 4.98 Å². The molecule has 3 aromatic carbocycles. The number of hydrogen-bond donors (Lipinski definition) is 0. The van der Waals surface area contributed by atoms with E-state index in [2.05, 4.69) is 14.8 Å². The summed E-state index contributed by atoms with van der Waals surface area (Å²) in [6.07, 6.45) is 3.40. The van der Waals surface area contributed by atoms with Gasteiger partial charge in [-0.05, 0) is 35.9 Å². The highest BCUT2D eigenvalue weighted by molar-refractivity contribution is 5.69. The molecule has 1 aromatic heterocycles. The van der Waals surface area contributed by atoms with Crippen molar-refractivity contribution in [2.75, 3.05) is 36.0 Å². The predicted octanol–water partition coefficient (Wildman–Crippen LogP) is 5.42. The number of nitrogens with zero attached hydrogens (tertiary/aromatic N) is 4. The van der Waals surface area contributed by atoms with Gasteiger partial charge in [-0.1, -0.05) is 42.5 Å². The molecule has 0 saturated carbocycles. The summed E-state index contributed by atoms with van der Waals surface area (Å²) in [7, 11) is 0. The van der Waals surface area contributed by atoms with Gasteiger partial charge in [-0.25, -0.2) is 13.8 Å². The maximum Gasteiger partial charge on any atom is 0.147 e. The van der Waals surface area contributed by atoms with Crippen LogP contribution >= 0.6 is 0 Å². The van der Waals surface area contributed by atoms with Gasteiger partial charge >= 0.3 is 0 Å². The maximum atomic E-state index is 14.8. The molecule has 0 bridgehead atoms. The van der Waals surface area contributed by atoms with Gasteiger partial charge in [0.1, 0.15) is 17.5 Å². The predicted molar refractivity (Wildman–Crippen MR) is 124 cm³/mol. The van der Waals surface area contributed by atoms with Crippen molar-refractivity contribution in [2.45, 2.75) is 0 Å². The zero-order chi connectivity index (χ0) is 21.9. The van der Waals surface area contributed by atoms with Gasteiger partial charge < -0.3 is 9.80 Å². The second-order valence-corrected chi connectivity index (χ2v) is 7.77. The van der Waals surface area contributed by atoms with E-state index in [1.165, 1.54) is 18.2 Å². The number of halogens is 2. The Kier molecular flexibility index (Phi) is 5.50. The third-order valence-corrected chi connectivity index (χ3v) is 5.77. The van der Waals surface area contributed by atoms with Gasteiger partial charge in [0.2, 0.25) is 0 Å². The van der Waals surface area contributed by atoms with Crippen molar-refractivity contribution in [3.05, 3.63) is 96.8 Å². The highest BCUT2D eigenvalue weighted by atomic mass is 19.1. The molecule has 0 spiro atoms. The minimum absolute atomic E-state index is 0.229. The molecule has 4 nitrogen and oxygen atoms in total. The minimum Gasteiger partial charge on any atom is -0.368 e. The lowest BCUT2D eigenvalue weighted by atomic mass is 10.0. The molecule has 1 aliphatic heterocycles. The second-order valence-electron chi connectivity index (χ2n) is 7.77. The average Bonchev–Trinajstić information content (AvgIpc) is 2.85. The van der Waals surface area contributed by atoms with Crippen LogP contribution in [-0.2, 0) is 0 Å².